The Hall–Kier alpha value is -0.840. The Balaban J connectivity index is 2.77. The summed E-state index contributed by atoms with van der Waals surface area (Å²) in [5, 5.41) is 11.7. The van der Waals surface area contributed by atoms with Gasteiger partial charge in [-0.15, -0.1) is 5.10 Å². The van der Waals surface area contributed by atoms with E-state index < -0.39 is 0 Å². The first-order chi connectivity index (χ1) is 8.24. The third-order valence-electron chi connectivity index (χ3n) is 2.70. The quantitative estimate of drug-likeness (QED) is 0.810. The summed E-state index contributed by atoms with van der Waals surface area (Å²) in [6.07, 6.45) is 4.99. The van der Waals surface area contributed by atoms with E-state index in [0.29, 0.717) is 12.0 Å². The lowest BCUT2D eigenvalue weighted by Crippen LogP contribution is -2.23. The number of thioether (sulfide) groups is 1. The molecule has 1 N–H and O–H groups in total. The summed E-state index contributed by atoms with van der Waals surface area (Å²) in [5.41, 5.74) is 2.07. The third kappa shape index (κ3) is 4.15. The molecule has 1 atom stereocenters. The van der Waals surface area contributed by atoms with Crippen LogP contribution in [0.5, 0.6) is 0 Å². The van der Waals surface area contributed by atoms with E-state index in [0.717, 1.165) is 36.4 Å². The van der Waals surface area contributed by atoms with E-state index in [1.54, 1.807) is 0 Å². The van der Waals surface area contributed by atoms with E-state index in [1.165, 1.54) is 0 Å². The van der Waals surface area contributed by atoms with Crippen LogP contribution >= 0.6 is 11.8 Å². The van der Waals surface area contributed by atoms with Crippen LogP contribution < -0.4 is 5.32 Å². The van der Waals surface area contributed by atoms with Crippen molar-refractivity contribution >= 4 is 17.7 Å². The van der Waals surface area contributed by atoms with Gasteiger partial charge in [-0.25, -0.2) is 4.98 Å². The van der Waals surface area contributed by atoms with Gasteiger partial charge in [0.05, 0.1) is 11.4 Å². The van der Waals surface area contributed by atoms with Crippen LogP contribution in [0.2, 0.25) is 0 Å². The fourth-order valence-electron chi connectivity index (χ4n) is 1.64. The van der Waals surface area contributed by atoms with Crippen LogP contribution in [-0.4, -0.2) is 33.2 Å². The zero-order chi connectivity index (χ0) is 12.7. The Bertz CT molecular complexity index is 343. The molecule has 0 bridgehead atoms. The molecule has 4 nitrogen and oxygen atoms in total. The highest BCUT2D eigenvalue weighted by molar-refractivity contribution is 7.98. The molecular weight excluding hydrogens is 232 g/mol. The standard InChI is InChI=1S/C12H22N4S/c1-5-9(8-17-4)13-12-14-10(6-2)11(7-3)15-16-12/h9H,5-8H2,1-4H3,(H,13,14,16). The summed E-state index contributed by atoms with van der Waals surface area (Å²) < 4.78 is 0. The van der Waals surface area contributed by atoms with Crippen molar-refractivity contribution in [2.75, 3.05) is 17.3 Å². The summed E-state index contributed by atoms with van der Waals surface area (Å²) >= 11 is 1.83. The molecule has 0 aliphatic heterocycles. The summed E-state index contributed by atoms with van der Waals surface area (Å²) in [4.78, 5) is 4.54. The predicted molar refractivity (Wildman–Crippen MR) is 74.7 cm³/mol. The summed E-state index contributed by atoms with van der Waals surface area (Å²) in [6, 6.07) is 0.420. The number of nitrogens with one attached hydrogen (secondary N) is 1. The molecule has 0 saturated carbocycles. The van der Waals surface area contributed by atoms with Gasteiger partial charge in [-0.2, -0.15) is 16.9 Å². The average Bonchev–Trinajstić information content (AvgIpc) is 2.38. The number of hydrogen-bond acceptors (Lipinski definition) is 5. The molecule has 1 unspecified atom stereocenters. The molecule has 0 amide bonds. The molecule has 1 rings (SSSR count). The van der Waals surface area contributed by atoms with E-state index in [1.807, 2.05) is 11.8 Å². The molecule has 1 heterocycles. The largest absolute Gasteiger partial charge is 0.349 e. The molecule has 0 aliphatic rings. The lowest BCUT2D eigenvalue weighted by Gasteiger charge is -2.15. The minimum absolute atomic E-state index is 0.420. The van der Waals surface area contributed by atoms with Crippen molar-refractivity contribution in [3.8, 4) is 0 Å². The topological polar surface area (TPSA) is 50.7 Å². The number of anilines is 1. The number of aromatic nitrogens is 3. The molecule has 0 saturated heterocycles. The van der Waals surface area contributed by atoms with Gasteiger partial charge in [0, 0.05) is 11.8 Å². The first kappa shape index (κ1) is 14.2. The second-order valence-electron chi connectivity index (χ2n) is 3.94. The van der Waals surface area contributed by atoms with E-state index in [9.17, 15) is 0 Å². The highest BCUT2D eigenvalue weighted by Crippen LogP contribution is 2.10. The van der Waals surface area contributed by atoms with Crippen molar-refractivity contribution in [1.82, 2.24) is 15.2 Å². The average molecular weight is 254 g/mol. The second kappa shape index (κ2) is 7.48. The van der Waals surface area contributed by atoms with Crippen molar-refractivity contribution < 1.29 is 0 Å². The van der Waals surface area contributed by atoms with Crippen molar-refractivity contribution in [3.05, 3.63) is 11.4 Å². The van der Waals surface area contributed by atoms with Crippen molar-refractivity contribution in [3.63, 3.8) is 0 Å². The normalized spacial score (nSPS) is 12.5. The second-order valence-corrected chi connectivity index (χ2v) is 4.85. The smallest absolute Gasteiger partial charge is 0.243 e. The van der Waals surface area contributed by atoms with E-state index >= 15 is 0 Å². The van der Waals surface area contributed by atoms with Crippen LogP contribution in [0, 0.1) is 0 Å². The van der Waals surface area contributed by atoms with Crippen molar-refractivity contribution in [2.24, 2.45) is 0 Å². The summed E-state index contributed by atoms with van der Waals surface area (Å²) in [6.45, 7) is 6.36. The van der Waals surface area contributed by atoms with Crippen LogP contribution in [0.4, 0.5) is 5.95 Å². The Labute approximate surface area is 108 Å². The molecule has 5 heteroatoms. The van der Waals surface area contributed by atoms with Gasteiger partial charge in [-0.1, -0.05) is 20.8 Å². The lowest BCUT2D eigenvalue weighted by molar-refractivity contribution is 0.742. The summed E-state index contributed by atoms with van der Waals surface area (Å²) in [5.74, 6) is 1.73. The predicted octanol–water partition coefficient (Wildman–Crippen LogP) is 2.55. The molecule has 0 radical (unpaired) electrons. The molecule has 0 aromatic carbocycles. The van der Waals surface area contributed by atoms with Crippen molar-refractivity contribution in [1.29, 1.82) is 0 Å². The van der Waals surface area contributed by atoms with E-state index in [2.05, 4.69) is 47.5 Å². The minimum atomic E-state index is 0.420. The highest BCUT2D eigenvalue weighted by Gasteiger charge is 2.10. The van der Waals surface area contributed by atoms with Gasteiger partial charge in [0.2, 0.25) is 5.95 Å². The lowest BCUT2D eigenvalue weighted by atomic mass is 10.2. The SMILES string of the molecule is CCc1nnc(NC(CC)CSC)nc1CC. The highest BCUT2D eigenvalue weighted by atomic mass is 32.2. The maximum absolute atomic E-state index is 4.54. The van der Waals surface area contributed by atoms with Gasteiger partial charge in [0.25, 0.3) is 0 Å². The number of hydrogen-bond donors (Lipinski definition) is 1. The molecule has 1 aromatic heterocycles. The minimum Gasteiger partial charge on any atom is -0.349 e. The maximum atomic E-state index is 4.54. The Morgan fingerprint density at radius 1 is 1.12 bits per heavy atom. The molecule has 17 heavy (non-hydrogen) atoms. The first-order valence-electron chi connectivity index (χ1n) is 6.22. The first-order valence-corrected chi connectivity index (χ1v) is 7.62. The Morgan fingerprint density at radius 2 is 1.82 bits per heavy atom. The number of aryl methyl sites for hydroxylation is 2. The summed E-state index contributed by atoms with van der Waals surface area (Å²) in [7, 11) is 0. The fourth-order valence-corrected chi connectivity index (χ4v) is 2.37. The molecular formula is C12H22N4S. The van der Waals surface area contributed by atoms with Gasteiger partial charge in [-0.05, 0) is 25.5 Å². The fraction of sp³-hybridized carbons (Fsp3) is 0.750. The number of rotatable bonds is 7. The third-order valence-corrected chi connectivity index (χ3v) is 3.44. The van der Waals surface area contributed by atoms with Crippen molar-refractivity contribution in [2.45, 2.75) is 46.1 Å². The van der Waals surface area contributed by atoms with E-state index in [4.69, 9.17) is 0 Å². The van der Waals surface area contributed by atoms with Crippen LogP contribution in [0.1, 0.15) is 38.6 Å². The van der Waals surface area contributed by atoms with Crippen LogP contribution in [0.15, 0.2) is 0 Å². The van der Waals surface area contributed by atoms with Crippen LogP contribution in [0.3, 0.4) is 0 Å². The van der Waals surface area contributed by atoms with Crippen LogP contribution in [0.25, 0.3) is 0 Å². The zero-order valence-corrected chi connectivity index (χ0v) is 12.0. The van der Waals surface area contributed by atoms with Gasteiger partial charge in [0.15, 0.2) is 0 Å². The zero-order valence-electron chi connectivity index (χ0n) is 11.2. The molecule has 0 fully saturated rings. The molecule has 0 aliphatic carbocycles. The molecule has 0 spiro atoms. The van der Waals surface area contributed by atoms with Gasteiger partial charge in [-0.3, -0.25) is 0 Å². The number of nitrogens with zero attached hydrogens (tertiary/aromatic N) is 3. The maximum Gasteiger partial charge on any atom is 0.243 e. The van der Waals surface area contributed by atoms with Gasteiger partial charge >= 0.3 is 0 Å². The van der Waals surface area contributed by atoms with Gasteiger partial charge < -0.3 is 5.32 Å². The molecule has 1 aromatic rings. The van der Waals surface area contributed by atoms with Gasteiger partial charge in [0.1, 0.15) is 0 Å². The Kier molecular flexibility index (Phi) is 6.26. The Morgan fingerprint density at radius 3 is 2.35 bits per heavy atom. The van der Waals surface area contributed by atoms with Crippen LogP contribution in [-0.2, 0) is 12.8 Å². The van der Waals surface area contributed by atoms with E-state index in [-0.39, 0.29) is 0 Å². The monoisotopic (exact) mass is 254 g/mol. The molecule has 96 valence electrons.